The molecule has 7 nitrogen and oxygen atoms in total. The van der Waals surface area contributed by atoms with Crippen LogP contribution in [0.4, 0.5) is 0 Å². The van der Waals surface area contributed by atoms with Gasteiger partial charge >= 0.3 is 0 Å². The third-order valence-corrected chi connectivity index (χ3v) is 5.21. The summed E-state index contributed by atoms with van der Waals surface area (Å²) in [5, 5.41) is 10.4. The van der Waals surface area contributed by atoms with Gasteiger partial charge in [0.1, 0.15) is 5.69 Å². The Labute approximate surface area is 162 Å². The van der Waals surface area contributed by atoms with Gasteiger partial charge in [0.05, 0.1) is 0 Å². The zero-order valence-corrected chi connectivity index (χ0v) is 15.5. The van der Waals surface area contributed by atoms with Gasteiger partial charge in [-0.2, -0.15) is 0 Å². The molecular formula is C21H20N4O3. The summed E-state index contributed by atoms with van der Waals surface area (Å²) in [5.41, 5.74) is 7.17. The van der Waals surface area contributed by atoms with E-state index < -0.39 is 11.5 Å². The molecule has 1 aliphatic heterocycles. The predicted molar refractivity (Wildman–Crippen MR) is 102 cm³/mol. The normalized spacial score (nSPS) is 20.6. The fraction of sp³-hybridized carbons (Fsp3) is 0.333. The second-order valence-corrected chi connectivity index (χ2v) is 7.21. The van der Waals surface area contributed by atoms with Gasteiger partial charge in [0.25, 0.3) is 11.8 Å². The highest BCUT2D eigenvalue weighted by Crippen LogP contribution is 2.26. The largest absolute Gasteiger partial charge is 0.369 e. The smallest absolute Gasteiger partial charge is 0.267 e. The molecule has 2 aromatic rings. The van der Waals surface area contributed by atoms with Gasteiger partial charge in [0.15, 0.2) is 5.82 Å². The van der Waals surface area contributed by atoms with E-state index in [4.69, 9.17) is 5.73 Å². The summed E-state index contributed by atoms with van der Waals surface area (Å²) in [5.74, 6) is 5.07. The average Bonchev–Trinajstić information content (AvgIpc) is 3.26. The van der Waals surface area contributed by atoms with Crippen molar-refractivity contribution < 1.29 is 14.7 Å². The molecule has 0 unspecified atom stereocenters. The van der Waals surface area contributed by atoms with Crippen molar-refractivity contribution in [1.29, 1.82) is 0 Å². The van der Waals surface area contributed by atoms with Gasteiger partial charge < -0.3 is 15.7 Å². The highest BCUT2D eigenvalue weighted by molar-refractivity contribution is 5.93. The van der Waals surface area contributed by atoms with Gasteiger partial charge in [-0.05, 0) is 31.4 Å². The molecule has 7 heteroatoms. The van der Waals surface area contributed by atoms with Gasteiger partial charge in [-0.3, -0.25) is 9.59 Å². The molecule has 2 aliphatic rings. The summed E-state index contributed by atoms with van der Waals surface area (Å²) >= 11 is 0. The average molecular weight is 376 g/mol. The fourth-order valence-corrected chi connectivity index (χ4v) is 3.65. The molecule has 2 heterocycles. The monoisotopic (exact) mass is 376 g/mol. The van der Waals surface area contributed by atoms with Crippen molar-refractivity contribution in [2.45, 2.75) is 31.3 Å². The van der Waals surface area contributed by atoms with Crippen molar-refractivity contribution in [2.75, 3.05) is 13.6 Å². The van der Waals surface area contributed by atoms with Crippen LogP contribution in [0.25, 0.3) is 11.4 Å². The lowest BCUT2D eigenvalue weighted by Gasteiger charge is -2.13. The van der Waals surface area contributed by atoms with E-state index in [9.17, 15) is 14.7 Å². The number of hydrogen-bond acceptors (Lipinski definition) is 5. The van der Waals surface area contributed by atoms with Crippen LogP contribution in [0.2, 0.25) is 0 Å². The van der Waals surface area contributed by atoms with E-state index in [0.29, 0.717) is 23.5 Å². The Balaban J connectivity index is 1.70. The van der Waals surface area contributed by atoms with Crippen molar-refractivity contribution >= 4 is 11.8 Å². The van der Waals surface area contributed by atoms with Gasteiger partial charge in [-0.25, -0.2) is 9.97 Å². The SMILES string of the molecule is CN1CC[C@@](O)(C#Cc2cccc(-c3nc4c(c(C(N)=O)n3)CCC4)c2)C1=O. The van der Waals surface area contributed by atoms with Crippen LogP contribution in [0.3, 0.4) is 0 Å². The zero-order valence-electron chi connectivity index (χ0n) is 15.5. The molecule has 0 saturated carbocycles. The fourth-order valence-electron chi connectivity index (χ4n) is 3.65. The molecular weight excluding hydrogens is 356 g/mol. The molecule has 142 valence electrons. The minimum absolute atomic E-state index is 0.280. The number of rotatable bonds is 2. The lowest BCUT2D eigenvalue weighted by Crippen LogP contribution is -2.37. The number of primary amides is 1. The number of nitrogens with two attached hydrogens (primary N) is 1. The number of aryl methyl sites for hydroxylation is 1. The van der Waals surface area contributed by atoms with E-state index in [0.717, 1.165) is 30.5 Å². The molecule has 1 aromatic carbocycles. The van der Waals surface area contributed by atoms with E-state index >= 15 is 0 Å². The summed E-state index contributed by atoms with van der Waals surface area (Å²) in [6.45, 7) is 0.475. The third kappa shape index (κ3) is 3.12. The number of aliphatic hydroxyl groups is 1. The number of fused-ring (bicyclic) bond motifs is 1. The second-order valence-electron chi connectivity index (χ2n) is 7.21. The van der Waals surface area contributed by atoms with Crippen molar-refractivity contribution in [3.05, 3.63) is 46.8 Å². The Morgan fingerprint density at radius 3 is 2.86 bits per heavy atom. The highest BCUT2D eigenvalue weighted by atomic mass is 16.3. The van der Waals surface area contributed by atoms with Crippen molar-refractivity contribution in [3.8, 4) is 23.2 Å². The first-order valence-electron chi connectivity index (χ1n) is 9.18. The van der Waals surface area contributed by atoms with E-state index in [-0.39, 0.29) is 18.0 Å². The Morgan fingerprint density at radius 1 is 1.32 bits per heavy atom. The van der Waals surface area contributed by atoms with Crippen LogP contribution in [-0.4, -0.2) is 51.0 Å². The van der Waals surface area contributed by atoms with Gasteiger partial charge in [0, 0.05) is 42.4 Å². The summed E-state index contributed by atoms with van der Waals surface area (Å²) in [6.07, 6.45) is 2.78. The van der Waals surface area contributed by atoms with Crippen molar-refractivity contribution in [1.82, 2.24) is 14.9 Å². The first-order chi connectivity index (χ1) is 13.4. The molecule has 28 heavy (non-hydrogen) atoms. The second kappa shape index (κ2) is 6.73. The molecule has 0 spiro atoms. The first kappa shape index (κ1) is 18.1. The van der Waals surface area contributed by atoms with Crippen LogP contribution in [0.1, 0.15) is 40.2 Å². The molecule has 1 atom stereocenters. The molecule has 1 aromatic heterocycles. The zero-order chi connectivity index (χ0) is 19.9. The number of benzene rings is 1. The Hall–Kier alpha value is -3.24. The molecule has 2 amide bonds. The quantitative estimate of drug-likeness (QED) is 0.749. The van der Waals surface area contributed by atoms with E-state index in [1.54, 1.807) is 25.2 Å². The minimum Gasteiger partial charge on any atom is -0.369 e. The van der Waals surface area contributed by atoms with Crippen molar-refractivity contribution in [3.63, 3.8) is 0 Å². The Bertz CT molecular complexity index is 1050. The number of carbonyl (C=O) groups is 2. The number of carbonyl (C=O) groups excluding carboxylic acids is 2. The highest BCUT2D eigenvalue weighted by Gasteiger charge is 2.42. The maximum Gasteiger partial charge on any atom is 0.267 e. The van der Waals surface area contributed by atoms with Crippen molar-refractivity contribution in [2.24, 2.45) is 5.73 Å². The number of amides is 2. The molecule has 1 fully saturated rings. The standard InChI is InChI=1S/C21H20N4O3/c1-25-11-10-21(28,20(25)27)9-8-13-4-2-5-14(12-13)19-23-16-7-3-6-15(16)17(24-19)18(22)26/h2,4-5,12,28H,3,6-7,10-11H2,1H3,(H2,22,26)/t21-/m0/s1. The number of likely N-dealkylation sites (N-methyl/N-ethyl adjacent to an activating group) is 1. The molecule has 1 aliphatic carbocycles. The summed E-state index contributed by atoms with van der Waals surface area (Å²) in [6, 6.07) is 7.19. The van der Waals surface area contributed by atoms with E-state index in [1.807, 2.05) is 6.07 Å². The molecule has 3 N–H and O–H groups in total. The number of likely N-dealkylation sites (tertiary alicyclic amines) is 1. The maximum atomic E-state index is 12.1. The predicted octanol–water partition coefficient (Wildman–Crippen LogP) is 0.676. The Kier molecular flexibility index (Phi) is 4.36. The van der Waals surface area contributed by atoms with Crippen LogP contribution >= 0.6 is 0 Å². The van der Waals surface area contributed by atoms with Crippen LogP contribution < -0.4 is 5.73 Å². The van der Waals surface area contributed by atoms with Gasteiger partial charge in [-0.15, -0.1) is 0 Å². The summed E-state index contributed by atoms with van der Waals surface area (Å²) in [4.78, 5) is 34.3. The Morgan fingerprint density at radius 2 is 2.14 bits per heavy atom. The number of hydrogen-bond donors (Lipinski definition) is 2. The van der Waals surface area contributed by atoms with Crippen LogP contribution in [0, 0.1) is 11.8 Å². The summed E-state index contributed by atoms with van der Waals surface area (Å²) in [7, 11) is 1.64. The lowest BCUT2D eigenvalue weighted by atomic mass is 10.0. The van der Waals surface area contributed by atoms with Gasteiger partial charge in [0.2, 0.25) is 5.60 Å². The molecule has 0 bridgehead atoms. The first-order valence-corrected chi connectivity index (χ1v) is 9.18. The number of aromatic nitrogens is 2. The van der Waals surface area contributed by atoms with E-state index in [1.165, 1.54) is 4.90 Å². The number of nitrogens with zero attached hydrogens (tertiary/aromatic N) is 3. The third-order valence-electron chi connectivity index (χ3n) is 5.21. The van der Waals surface area contributed by atoms with E-state index in [2.05, 4.69) is 21.8 Å². The van der Waals surface area contributed by atoms with Crippen LogP contribution in [-0.2, 0) is 17.6 Å². The summed E-state index contributed by atoms with van der Waals surface area (Å²) < 4.78 is 0. The van der Waals surface area contributed by atoms with Crippen LogP contribution in [0.5, 0.6) is 0 Å². The lowest BCUT2D eigenvalue weighted by molar-refractivity contribution is -0.137. The van der Waals surface area contributed by atoms with Crippen LogP contribution in [0.15, 0.2) is 24.3 Å². The maximum absolute atomic E-state index is 12.1. The topological polar surface area (TPSA) is 109 Å². The van der Waals surface area contributed by atoms with Gasteiger partial charge in [-0.1, -0.05) is 24.0 Å². The molecule has 1 saturated heterocycles. The molecule has 0 radical (unpaired) electrons. The minimum atomic E-state index is -1.64. The molecule has 4 rings (SSSR count).